The van der Waals surface area contributed by atoms with E-state index in [-0.39, 0.29) is 23.7 Å². The lowest BCUT2D eigenvalue weighted by Crippen LogP contribution is -2.34. The summed E-state index contributed by atoms with van der Waals surface area (Å²) < 4.78 is 19.0. The van der Waals surface area contributed by atoms with Gasteiger partial charge in [0, 0.05) is 12.5 Å². The topological polar surface area (TPSA) is 88.2 Å². The third-order valence-corrected chi connectivity index (χ3v) is 3.49. The number of nitrogens with one attached hydrogen (secondary N) is 1. The van der Waals surface area contributed by atoms with Crippen molar-refractivity contribution in [3.63, 3.8) is 0 Å². The van der Waals surface area contributed by atoms with E-state index in [0.717, 1.165) is 0 Å². The highest BCUT2D eigenvalue weighted by Crippen LogP contribution is 2.23. The normalized spacial score (nSPS) is 13.8. The molecule has 0 aliphatic rings. The maximum absolute atomic E-state index is 14.1. The molecule has 2 atom stereocenters. The van der Waals surface area contributed by atoms with Crippen molar-refractivity contribution in [1.82, 2.24) is 15.5 Å². The molecular weight excluding hydrogens is 301 g/mol. The van der Waals surface area contributed by atoms with Gasteiger partial charge in [-0.15, -0.1) is 0 Å². The SMILES string of the molecule is Cc1nc(C(NC(=O)CC(O)C(C)C)c2ccccc2F)no1. The van der Waals surface area contributed by atoms with E-state index in [4.69, 9.17) is 4.52 Å². The smallest absolute Gasteiger partial charge is 0.223 e. The number of carbonyl (C=O) groups excluding carboxylic acids is 1. The zero-order valence-electron chi connectivity index (χ0n) is 13.3. The predicted molar refractivity (Wildman–Crippen MR) is 80.9 cm³/mol. The molecule has 1 aromatic heterocycles. The van der Waals surface area contributed by atoms with E-state index in [1.807, 2.05) is 13.8 Å². The Bertz CT molecular complexity index is 672. The number of amides is 1. The Morgan fingerprint density at radius 3 is 2.65 bits per heavy atom. The number of hydrogen-bond donors (Lipinski definition) is 2. The van der Waals surface area contributed by atoms with Crippen molar-refractivity contribution in [2.75, 3.05) is 0 Å². The van der Waals surface area contributed by atoms with Crippen molar-refractivity contribution >= 4 is 5.91 Å². The van der Waals surface area contributed by atoms with Crippen molar-refractivity contribution in [1.29, 1.82) is 0 Å². The van der Waals surface area contributed by atoms with Crippen LogP contribution in [0.4, 0.5) is 4.39 Å². The summed E-state index contributed by atoms with van der Waals surface area (Å²) in [4.78, 5) is 16.2. The summed E-state index contributed by atoms with van der Waals surface area (Å²) in [6.45, 7) is 5.24. The zero-order chi connectivity index (χ0) is 17.0. The van der Waals surface area contributed by atoms with Crippen LogP contribution in [0.2, 0.25) is 0 Å². The summed E-state index contributed by atoms with van der Waals surface area (Å²) in [5.74, 6) is -0.468. The molecule has 0 radical (unpaired) electrons. The molecule has 2 N–H and O–H groups in total. The molecule has 7 heteroatoms. The van der Waals surface area contributed by atoms with Gasteiger partial charge < -0.3 is 14.9 Å². The Morgan fingerprint density at radius 2 is 2.09 bits per heavy atom. The minimum absolute atomic E-state index is 0.0555. The fourth-order valence-corrected chi connectivity index (χ4v) is 2.07. The second kappa shape index (κ2) is 7.32. The average Bonchev–Trinajstić information content (AvgIpc) is 2.92. The summed E-state index contributed by atoms with van der Waals surface area (Å²) in [6.07, 6.45) is -0.859. The van der Waals surface area contributed by atoms with E-state index in [2.05, 4.69) is 15.5 Å². The Morgan fingerprint density at radius 1 is 1.39 bits per heavy atom. The molecule has 1 amide bonds. The molecular formula is C16H20FN3O3. The van der Waals surface area contributed by atoms with Gasteiger partial charge in [-0.3, -0.25) is 4.79 Å². The number of aromatic nitrogens is 2. The molecule has 0 fully saturated rings. The van der Waals surface area contributed by atoms with Crippen LogP contribution in [-0.2, 0) is 4.79 Å². The number of nitrogens with zero attached hydrogens (tertiary/aromatic N) is 2. The molecule has 0 aliphatic heterocycles. The minimum atomic E-state index is -0.875. The quantitative estimate of drug-likeness (QED) is 0.851. The second-order valence-corrected chi connectivity index (χ2v) is 5.71. The van der Waals surface area contributed by atoms with Crippen LogP contribution in [-0.4, -0.2) is 27.3 Å². The number of halogens is 1. The van der Waals surface area contributed by atoms with E-state index in [9.17, 15) is 14.3 Å². The fraction of sp³-hybridized carbons (Fsp3) is 0.438. The third-order valence-electron chi connectivity index (χ3n) is 3.49. The molecule has 1 heterocycles. The summed E-state index contributed by atoms with van der Waals surface area (Å²) in [7, 11) is 0. The van der Waals surface area contributed by atoms with E-state index in [1.54, 1.807) is 25.1 Å². The van der Waals surface area contributed by atoms with Gasteiger partial charge in [0.25, 0.3) is 0 Å². The monoisotopic (exact) mass is 321 g/mol. The van der Waals surface area contributed by atoms with Crippen molar-refractivity contribution in [2.45, 2.75) is 39.3 Å². The standard InChI is InChI=1S/C16H20FN3O3/c1-9(2)13(21)8-14(22)19-15(16-18-10(3)23-20-16)11-6-4-5-7-12(11)17/h4-7,9,13,15,21H,8H2,1-3H3,(H,19,22). The molecule has 2 aromatic rings. The van der Waals surface area contributed by atoms with Crippen molar-refractivity contribution < 1.29 is 18.8 Å². The number of hydrogen-bond acceptors (Lipinski definition) is 5. The van der Waals surface area contributed by atoms with Gasteiger partial charge in [-0.2, -0.15) is 4.98 Å². The second-order valence-electron chi connectivity index (χ2n) is 5.71. The highest BCUT2D eigenvalue weighted by Gasteiger charge is 2.25. The Kier molecular flexibility index (Phi) is 5.44. The van der Waals surface area contributed by atoms with E-state index in [0.29, 0.717) is 5.89 Å². The Balaban J connectivity index is 2.25. The van der Waals surface area contributed by atoms with Crippen LogP contribution in [0.1, 0.15) is 43.6 Å². The van der Waals surface area contributed by atoms with E-state index >= 15 is 0 Å². The lowest BCUT2D eigenvalue weighted by molar-refractivity contribution is -0.124. The van der Waals surface area contributed by atoms with Gasteiger partial charge in [0.05, 0.1) is 12.5 Å². The lowest BCUT2D eigenvalue weighted by Gasteiger charge is -2.19. The minimum Gasteiger partial charge on any atom is -0.392 e. The number of rotatable bonds is 6. The van der Waals surface area contributed by atoms with Gasteiger partial charge in [0.2, 0.25) is 11.8 Å². The highest BCUT2D eigenvalue weighted by atomic mass is 19.1. The summed E-state index contributed by atoms with van der Waals surface area (Å²) in [5.41, 5.74) is 0.237. The van der Waals surface area contributed by atoms with Gasteiger partial charge in [0.15, 0.2) is 5.82 Å². The van der Waals surface area contributed by atoms with E-state index in [1.165, 1.54) is 6.07 Å². The summed E-state index contributed by atoms with van der Waals surface area (Å²) in [6, 6.07) is 5.19. The number of benzene rings is 1. The number of aliphatic hydroxyl groups is 1. The lowest BCUT2D eigenvalue weighted by atomic mass is 10.0. The molecule has 0 spiro atoms. The number of aryl methyl sites for hydroxylation is 1. The largest absolute Gasteiger partial charge is 0.392 e. The summed E-state index contributed by atoms with van der Waals surface area (Å²) in [5, 5.41) is 16.3. The molecule has 0 aliphatic carbocycles. The van der Waals surface area contributed by atoms with Crippen molar-refractivity contribution in [3.8, 4) is 0 Å². The van der Waals surface area contributed by atoms with Crippen LogP contribution in [0, 0.1) is 18.7 Å². The van der Waals surface area contributed by atoms with Gasteiger partial charge in [-0.05, 0) is 12.0 Å². The molecule has 2 unspecified atom stereocenters. The van der Waals surface area contributed by atoms with Crippen LogP contribution in [0.15, 0.2) is 28.8 Å². The molecule has 6 nitrogen and oxygen atoms in total. The first-order valence-electron chi connectivity index (χ1n) is 7.40. The first-order chi connectivity index (χ1) is 10.9. The maximum Gasteiger partial charge on any atom is 0.223 e. The van der Waals surface area contributed by atoms with Crippen LogP contribution < -0.4 is 5.32 Å². The molecule has 0 bridgehead atoms. The predicted octanol–water partition coefficient (Wildman–Crippen LogP) is 2.13. The molecule has 0 saturated heterocycles. The number of carbonyl (C=O) groups is 1. The first kappa shape index (κ1) is 17.1. The fourth-order valence-electron chi connectivity index (χ4n) is 2.07. The van der Waals surface area contributed by atoms with Crippen LogP contribution in [0.5, 0.6) is 0 Å². The van der Waals surface area contributed by atoms with Gasteiger partial charge in [0.1, 0.15) is 11.9 Å². The van der Waals surface area contributed by atoms with Gasteiger partial charge in [-0.1, -0.05) is 37.2 Å². The van der Waals surface area contributed by atoms with E-state index < -0.39 is 23.9 Å². The van der Waals surface area contributed by atoms with Gasteiger partial charge in [-0.25, -0.2) is 4.39 Å². The van der Waals surface area contributed by atoms with Crippen LogP contribution >= 0.6 is 0 Å². The average molecular weight is 321 g/mol. The molecule has 2 rings (SSSR count). The molecule has 1 aromatic carbocycles. The van der Waals surface area contributed by atoms with Gasteiger partial charge >= 0.3 is 0 Å². The third kappa shape index (κ3) is 4.35. The van der Waals surface area contributed by atoms with Crippen LogP contribution in [0.25, 0.3) is 0 Å². The zero-order valence-corrected chi connectivity index (χ0v) is 13.3. The Hall–Kier alpha value is -2.28. The molecule has 0 saturated carbocycles. The molecule has 124 valence electrons. The maximum atomic E-state index is 14.1. The Labute approximate surface area is 133 Å². The van der Waals surface area contributed by atoms with Crippen molar-refractivity contribution in [2.24, 2.45) is 5.92 Å². The van der Waals surface area contributed by atoms with Crippen LogP contribution in [0.3, 0.4) is 0 Å². The summed E-state index contributed by atoms with van der Waals surface area (Å²) >= 11 is 0. The highest BCUT2D eigenvalue weighted by molar-refractivity contribution is 5.77. The molecule has 23 heavy (non-hydrogen) atoms. The first-order valence-corrected chi connectivity index (χ1v) is 7.40. The van der Waals surface area contributed by atoms with Crippen molar-refractivity contribution in [3.05, 3.63) is 47.4 Å². The number of aliphatic hydroxyl groups excluding tert-OH is 1.